The molecule has 0 spiro atoms. The van der Waals surface area contributed by atoms with Crippen LogP contribution in [0.4, 0.5) is 0 Å². The molecule has 2 aliphatic rings. The number of rotatable bonds is 16. The van der Waals surface area contributed by atoms with E-state index in [0.717, 1.165) is 71.6 Å². The van der Waals surface area contributed by atoms with Crippen LogP contribution < -0.4 is 19.5 Å². The molecule has 1 saturated carbocycles. The number of ether oxygens (including phenoxy) is 3. The lowest BCUT2D eigenvalue weighted by Crippen LogP contribution is -2.38. The topological polar surface area (TPSA) is 137 Å². The van der Waals surface area contributed by atoms with Gasteiger partial charge >= 0.3 is 5.97 Å². The fraction of sp³-hybridized carbons (Fsp3) is 0.375. The number of aliphatic carboxylic acids is 1. The molecule has 6 rings (SSSR count). The van der Waals surface area contributed by atoms with Crippen molar-refractivity contribution in [2.24, 2.45) is 0 Å². The van der Waals surface area contributed by atoms with Crippen LogP contribution in [0, 0.1) is 25.2 Å². The van der Waals surface area contributed by atoms with Crippen molar-refractivity contribution in [3.63, 3.8) is 0 Å². The minimum atomic E-state index is -0.935. The van der Waals surface area contributed by atoms with E-state index in [1.807, 2.05) is 24.3 Å². The molecule has 2 heterocycles. The SMILES string of the molecule is Cc1c(COc2cc(OCc3cncc(C#N)c3)c(CNC3(C(=O)O)CC3)cc2Cl)cccc1-c1cccc(OCCCN2CC[C@@H](O)C2)c1C. The molecule has 2 fully saturated rings. The third kappa shape index (κ3) is 8.81. The highest BCUT2D eigenvalue weighted by Crippen LogP contribution is 2.39. The molecule has 11 heteroatoms. The summed E-state index contributed by atoms with van der Waals surface area (Å²) in [7, 11) is 0. The zero-order valence-corrected chi connectivity index (χ0v) is 29.7. The average molecular weight is 711 g/mol. The number of nitrogens with one attached hydrogen (secondary N) is 1. The predicted molar refractivity (Wildman–Crippen MR) is 194 cm³/mol. The zero-order valence-electron chi connectivity index (χ0n) is 29.0. The van der Waals surface area contributed by atoms with E-state index in [9.17, 15) is 20.3 Å². The molecule has 3 aromatic carbocycles. The molecule has 0 radical (unpaired) electrons. The highest BCUT2D eigenvalue weighted by atomic mass is 35.5. The van der Waals surface area contributed by atoms with E-state index in [2.05, 4.69) is 47.3 Å². The maximum atomic E-state index is 11.8. The largest absolute Gasteiger partial charge is 0.493 e. The van der Waals surface area contributed by atoms with E-state index in [-0.39, 0.29) is 25.9 Å². The van der Waals surface area contributed by atoms with Gasteiger partial charge in [-0.1, -0.05) is 41.9 Å². The van der Waals surface area contributed by atoms with Gasteiger partial charge in [0.05, 0.1) is 23.3 Å². The minimum absolute atomic E-state index is 0.145. The third-order valence-corrected chi connectivity index (χ3v) is 10.0. The van der Waals surface area contributed by atoms with E-state index in [4.69, 9.17) is 25.8 Å². The molecule has 51 heavy (non-hydrogen) atoms. The number of aliphatic hydroxyl groups is 1. The summed E-state index contributed by atoms with van der Waals surface area (Å²) in [5.41, 5.74) is 6.21. The second-order valence-electron chi connectivity index (χ2n) is 13.4. The van der Waals surface area contributed by atoms with Gasteiger partial charge in [-0.15, -0.1) is 0 Å². The van der Waals surface area contributed by atoms with Gasteiger partial charge in [-0.2, -0.15) is 5.26 Å². The first-order valence-electron chi connectivity index (χ1n) is 17.3. The van der Waals surface area contributed by atoms with Crippen LogP contribution in [0.5, 0.6) is 17.2 Å². The molecular formula is C40H43ClN4O6. The normalized spacial score (nSPS) is 16.4. The van der Waals surface area contributed by atoms with Gasteiger partial charge in [-0.05, 0) is 85.5 Å². The Labute approximate surface area is 303 Å². The van der Waals surface area contributed by atoms with Crippen molar-refractivity contribution in [1.29, 1.82) is 5.26 Å². The minimum Gasteiger partial charge on any atom is -0.493 e. The molecule has 1 aromatic heterocycles. The second kappa shape index (κ2) is 16.1. The van der Waals surface area contributed by atoms with Gasteiger partial charge in [0.2, 0.25) is 0 Å². The van der Waals surface area contributed by atoms with Crippen molar-refractivity contribution in [1.82, 2.24) is 15.2 Å². The van der Waals surface area contributed by atoms with E-state index in [0.29, 0.717) is 47.1 Å². The Kier molecular flexibility index (Phi) is 11.4. The summed E-state index contributed by atoms with van der Waals surface area (Å²) in [6, 6.07) is 19.6. The first kappa shape index (κ1) is 36.1. The van der Waals surface area contributed by atoms with Gasteiger partial charge in [0.15, 0.2) is 0 Å². The molecule has 4 aromatic rings. The molecule has 10 nitrogen and oxygen atoms in total. The zero-order chi connectivity index (χ0) is 36.0. The lowest BCUT2D eigenvalue weighted by Gasteiger charge is -2.19. The number of hydrogen-bond acceptors (Lipinski definition) is 9. The van der Waals surface area contributed by atoms with Gasteiger partial charge in [-0.25, -0.2) is 0 Å². The Bertz CT molecular complexity index is 1920. The summed E-state index contributed by atoms with van der Waals surface area (Å²) in [6.07, 6.45) is 5.76. The van der Waals surface area contributed by atoms with Crippen LogP contribution in [0.15, 0.2) is 67.0 Å². The number of nitriles is 1. The lowest BCUT2D eigenvalue weighted by molar-refractivity contribution is -0.140. The molecular weight excluding hydrogens is 668 g/mol. The molecule has 266 valence electrons. The van der Waals surface area contributed by atoms with Gasteiger partial charge in [0, 0.05) is 55.8 Å². The summed E-state index contributed by atoms with van der Waals surface area (Å²) in [5, 5.41) is 32.3. The Morgan fingerprint density at radius 3 is 2.49 bits per heavy atom. The van der Waals surface area contributed by atoms with Crippen LogP contribution in [0.3, 0.4) is 0 Å². The van der Waals surface area contributed by atoms with E-state index < -0.39 is 11.5 Å². The molecule has 0 amide bonds. The summed E-state index contributed by atoms with van der Waals surface area (Å²) in [4.78, 5) is 18.2. The highest BCUT2D eigenvalue weighted by molar-refractivity contribution is 6.32. The fourth-order valence-corrected chi connectivity index (χ4v) is 6.68. The monoisotopic (exact) mass is 710 g/mol. The van der Waals surface area contributed by atoms with Crippen LogP contribution in [-0.4, -0.2) is 64.0 Å². The van der Waals surface area contributed by atoms with Crippen LogP contribution in [0.2, 0.25) is 5.02 Å². The average Bonchev–Trinajstić information content (AvgIpc) is 3.82. The number of β-amino-alcohol motifs (C(OH)–C–C–N with tert-alkyl or cyclic N) is 1. The van der Waals surface area contributed by atoms with Crippen molar-refractivity contribution in [3.05, 3.63) is 105 Å². The maximum absolute atomic E-state index is 11.8. The number of halogens is 1. The smallest absolute Gasteiger partial charge is 0.323 e. The number of carboxylic acid groups (broad SMARTS) is 1. The molecule has 1 aliphatic carbocycles. The Morgan fingerprint density at radius 1 is 1.00 bits per heavy atom. The summed E-state index contributed by atoms with van der Waals surface area (Å²) < 4.78 is 18.7. The number of benzene rings is 3. The quantitative estimate of drug-likeness (QED) is 0.109. The fourth-order valence-electron chi connectivity index (χ4n) is 6.44. The lowest BCUT2D eigenvalue weighted by atomic mass is 9.93. The molecule has 1 aliphatic heterocycles. The predicted octanol–water partition coefficient (Wildman–Crippen LogP) is 6.59. The molecule has 0 bridgehead atoms. The standard InChI is InChI=1S/C40H43ClN4O6/c1-26-30(6-3-7-33(26)34-8-4-9-36(27(34)2)49-15-5-13-45-14-10-32(46)23-45)25-51-38-18-37(50-24-29-16-28(19-42)20-43-21-29)31(17-35(38)41)22-44-40(11-12-40)39(47)48/h3-4,6-9,16-18,20-21,32,44,46H,5,10-15,22-25H2,1-2H3,(H,47,48)/t32-/m1/s1. The number of pyridine rings is 1. The summed E-state index contributed by atoms with van der Waals surface area (Å²) >= 11 is 6.75. The summed E-state index contributed by atoms with van der Waals surface area (Å²) in [5.74, 6) is 0.896. The Balaban J connectivity index is 1.16. The Hall–Kier alpha value is -4.66. The Morgan fingerprint density at radius 2 is 1.76 bits per heavy atom. The first-order valence-corrected chi connectivity index (χ1v) is 17.7. The number of hydrogen-bond donors (Lipinski definition) is 3. The number of nitrogens with zero attached hydrogens (tertiary/aromatic N) is 3. The number of aromatic nitrogens is 1. The van der Waals surface area contributed by atoms with Crippen LogP contribution in [0.1, 0.15) is 59.1 Å². The van der Waals surface area contributed by atoms with Gasteiger partial charge < -0.3 is 29.3 Å². The van der Waals surface area contributed by atoms with Crippen molar-refractivity contribution in [2.75, 3.05) is 26.2 Å². The van der Waals surface area contributed by atoms with Crippen molar-refractivity contribution < 1.29 is 29.2 Å². The van der Waals surface area contributed by atoms with Crippen molar-refractivity contribution in [2.45, 2.75) is 70.9 Å². The van der Waals surface area contributed by atoms with Crippen LogP contribution in [-0.2, 0) is 24.6 Å². The molecule has 1 saturated heterocycles. The van der Waals surface area contributed by atoms with Gasteiger partial charge in [0.25, 0.3) is 0 Å². The number of carboxylic acids is 1. The third-order valence-electron chi connectivity index (χ3n) is 9.74. The first-order chi connectivity index (χ1) is 24.7. The van der Waals surface area contributed by atoms with E-state index in [1.165, 1.54) is 6.20 Å². The van der Waals surface area contributed by atoms with Crippen molar-refractivity contribution >= 4 is 17.6 Å². The maximum Gasteiger partial charge on any atom is 0.323 e. The molecule has 3 N–H and O–H groups in total. The number of likely N-dealkylation sites (tertiary alicyclic amines) is 1. The van der Waals surface area contributed by atoms with Crippen LogP contribution >= 0.6 is 11.6 Å². The molecule has 0 unspecified atom stereocenters. The second-order valence-corrected chi connectivity index (χ2v) is 13.8. The van der Waals surface area contributed by atoms with Crippen LogP contribution in [0.25, 0.3) is 11.1 Å². The molecule has 1 atom stereocenters. The van der Waals surface area contributed by atoms with E-state index in [1.54, 1.807) is 24.4 Å². The van der Waals surface area contributed by atoms with Gasteiger partial charge in [0.1, 0.15) is 42.1 Å². The summed E-state index contributed by atoms with van der Waals surface area (Å²) in [6.45, 7) is 7.99. The van der Waals surface area contributed by atoms with Crippen molar-refractivity contribution in [3.8, 4) is 34.4 Å². The number of carbonyl (C=O) groups is 1. The highest BCUT2D eigenvalue weighted by Gasteiger charge is 2.50. The van der Waals surface area contributed by atoms with E-state index >= 15 is 0 Å². The van der Waals surface area contributed by atoms with Gasteiger partial charge in [-0.3, -0.25) is 15.1 Å². The number of aliphatic hydroxyl groups excluding tert-OH is 1.